The molecule has 15 heavy (non-hydrogen) atoms. The average molecular weight is 226 g/mol. The molecule has 1 fully saturated rings. The van der Waals surface area contributed by atoms with E-state index in [1.54, 1.807) is 0 Å². The van der Waals surface area contributed by atoms with Crippen molar-refractivity contribution in [2.75, 3.05) is 6.54 Å². The van der Waals surface area contributed by atoms with Crippen LogP contribution in [0.4, 0.5) is 0 Å². The zero-order valence-electron chi connectivity index (χ0n) is 9.83. The number of hydrogen-bond acceptors (Lipinski definition) is 3. The van der Waals surface area contributed by atoms with Gasteiger partial charge in [-0.25, -0.2) is 0 Å². The smallest absolute Gasteiger partial charge is 0.157 e. The van der Waals surface area contributed by atoms with E-state index in [1.807, 2.05) is 11.8 Å². The van der Waals surface area contributed by atoms with Crippen LogP contribution in [-0.2, 0) is 0 Å². The lowest BCUT2D eigenvalue weighted by Crippen LogP contribution is -2.40. The monoisotopic (exact) mass is 226 g/mol. The number of rotatable bonds is 2. The van der Waals surface area contributed by atoms with Crippen molar-refractivity contribution in [1.29, 1.82) is 0 Å². The Hall–Kier alpha value is -0.180. The van der Waals surface area contributed by atoms with Crippen molar-refractivity contribution in [3.05, 3.63) is 0 Å². The second-order valence-electron chi connectivity index (χ2n) is 4.78. The van der Waals surface area contributed by atoms with Gasteiger partial charge in [-0.3, -0.25) is 4.99 Å². The summed E-state index contributed by atoms with van der Waals surface area (Å²) in [6, 6.07) is 0.695. The van der Waals surface area contributed by atoms with Crippen LogP contribution in [0.2, 0.25) is 0 Å². The van der Waals surface area contributed by atoms with Crippen molar-refractivity contribution in [1.82, 2.24) is 5.32 Å². The lowest BCUT2D eigenvalue weighted by atomic mass is 9.83. The number of aliphatic imine (C=N–C) groups is 1. The minimum Gasteiger partial charge on any atom is -0.362 e. The van der Waals surface area contributed by atoms with Gasteiger partial charge < -0.3 is 5.32 Å². The van der Waals surface area contributed by atoms with Crippen LogP contribution < -0.4 is 5.32 Å². The van der Waals surface area contributed by atoms with Gasteiger partial charge in [0.1, 0.15) is 0 Å². The molecular formula is C12H22N2S. The first-order valence-electron chi connectivity index (χ1n) is 6.27. The average Bonchev–Trinajstić information content (AvgIpc) is 2.65. The predicted molar refractivity (Wildman–Crippen MR) is 68.5 cm³/mol. The summed E-state index contributed by atoms with van der Waals surface area (Å²) < 4.78 is 0. The van der Waals surface area contributed by atoms with Crippen molar-refractivity contribution < 1.29 is 0 Å². The first-order chi connectivity index (χ1) is 7.29. The molecule has 2 aliphatic rings. The first kappa shape index (κ1) is 11.3. The van der Waals surface area contributed by atoms with Gasteiger partial charge in [-0.15, -0.1) is 0 Å². The summed E-state index contributed by atoms with van der Waals surface area (Å²) in [7, 11) is 0. The Morgan fingerprint density at radius 3 is 2.87 bits per heavy atom. The molecular weight excluding hydrogens is 204 g/mol. The van der Waals surface area contributed by atoms with E-state index in [9.17, 15) is 0 Å². The number of amidine groups is 1. The number of hydrogen-bond donors (Lipinski definition) is 1. The van der Waals surface area contributed by atoms with Crippen molar-refractivity contribution in [3.63, 3.8) is 0 Å². The van der Waals surface area contributed by atoms with Crippen LogP contribution in [0.1, 0.15) is 46.0 Å². The highest BCUT2D eigenvalue weighted by molar-refractivity contribution is 8.14. The summed E-state index contributed by atoms with van der Waals surface area (Å²) >= 11 is 1.91. The van der Waals surface area contributed by atoms with E-state index in [-0.39, 0.29) is 0 Å². The molecule has 0 bridgehead atoms. The van der Waals surface area contributed by atoms with Crippen molar-refractivity contribution in [3.8, 4) is 0 Å². The Morgan fingerprint density at radius 2 is 2.20 bits per heavy atom. The third-order valence-electron chi connectivity index (χ3n) is 3.55. The Kier molecular flexibility index (Phi) is 3.95. The van der Waals surface area contributed by atoms with E-state index >= 15 is 0 Å². The van der Waals surface area contributed by atoms with E-state index in [0.717, 1.165) is 12.5 Å². The standard InChI is InChI=1S/C12H22N2S/c1-3-10-6-4-5-7-11(10)14-12-13-8-9(2)15-12/h9-11H,3-8H2,1-2H3,(H,13,14). The zero-order valence-corrected chi connectivity index (χ0v) is 10.6. The Morgan fingerprint density at radius 1 is 1.40 bits per heavy atom. The van der Waals surface area contributed by atoms with Gasteiger partial charge in [-0.1, -0.05) is 44.9 Å². The van der Waals surface area contributed by atoms with Crippen molar-refractivity contribution in [2.24, 2.45) is 10.9 Å². The van der Waals surface area contributed by atoms with Crippen LogP contribution in [0.25, 0.3) is 0 Å². The summed E-state index contributed by atoms with van der Waals surface area (Å²) in [6.45, 7) is 5.56. The fourth-order valence-electron chi connectivity index (χ4n) is 2.60. The lowest BCUT2D eigenvalue weighted by molar-refractivity contribution is 0.281. The van der Waals surface area contributed by atoms with Gasteiger partial charge in [0, 0.05) is 11.3 Å². The number of nitrogens with one attached hydrogen (secondary N) is 1. The molecule has 1 heterocycles. The predicted octanol–water partition coefficient (Wildman–Crippen LogP) is 3.04. The van der Waals surface area contributed by atoms with Crippen LogP contribution in [0, 0.1) is 5.92 Å². The van der Waals surface area contributed by atoms with Crippen LogP contribution >= 0.6 is 11.8 Å². The third-order valence-corrected chi connectivity index (χ3v) is 4.57. The SMILES string of the molecule is CCC1CCCCC1NC1=NCC(C)S1. The summed E-state index contributed by atoms with van der Waals surface area (Å²) in [6.07, 6.45) is 6.87. The maximum atomic E-state index is 4.55. The molecule has 0 saturated heterocycles. The summed E-state index contributed by atoms with van der Waals surface area (Å²) in [5.41, 5.74) is 0. The second kappa shape index (κ2) is 5.24. The van der Waals surface area contributed by atoms with Gasteiger partial charge in [0.2, 0.25) is 0 Å². The molecule has 86 valence electrons. The Bertz CT molecular complexity index is 240. The molecule has 1 N–H and O–H groups in total. The van der Waals surface area contributed by atoms with Gasteiger partial charge in [-0.2, -0.15) is 0 Å². The molecule has 0 aromatic rings. The van der Waals surface area contributed by atoms with E-state index < -0.39 is 0 Å². The molecule has 2 rings (SSSR count). The largest absolute Gasteiger partial charge is 0.362 e. The summed E-state index contributed by atoms with van der Waals surface area (Å²) in [5.74, 6) is 0.873. The van der Waals surface area contributed by atoms with Gasteiger partial charge in [0.15, 0.2) is 5.17 Å². The van der Waals surface area contributed by atoms with E-state index in [0.29, 0.717) is 11.3 Å². The maximum absolute atomic E-state index is 4.55. The van der Waals surface area contributed by atoms with Gasteiger partial charge in [0.25, 0.3) is 0 Å². The van der Waals surface area contributed by atoms with Crippen LogP contribution in [-0.4, -0.2) is 23.0 Å². The first-order valence-corrected chi connectivity index (χ1v) is 7.15. The fourth-order valence-corrected chi connectivity index (χ4v) is 3.50. The van der Waals surface area contributed by atoms with Crippen molar-refractivity contribution in [2.45, 2.75) is 57.2 Å². The highest BCUT2D eigenvalue weighted by Crippen LogP contribution is 2.28. The normalized spacial score (nSPS) is 36.4. The van der Waals surface area contributed by atoms with E-state index in [4.69, 9.17) is 0 Å². The maximum Gasteiger partial charge on any atom is 0.157 e. The van der Waals surface area contributed by atoms with Crippen LogP contribution in [0.15, 0.2) is 4.99 Å². The highest BCUT2D eigenvalue weighted by atomic mass is 32.2. The summed E-state index contributed by atoms with van der Waals surface area (Å²) in [4.78, 5) is 4.55. The summed E-state index contributed by atoms with van der Waals surface area (Å²) in [5, 5.41) is 5.54. The molecule has 0 aromatic carbocycles. The Balaban J connectivity index is 1.86. The molecule has 3 heteroatoms. The highest BCUT2D eigenvalue weighted by Gasteiger charge is 2.26. The van der Waals surface area contributed by atoms with Gasteiger partial charge in [0.05, 0.1) is 6.54 Å². The van der Waals surface area contributed by atoms with Crippen LogP contribution in [0.5, 0.6) is 0 Å². The lowest BCUT2D eigenvalue weighted by Gasteiger charge is -2.32. The van der Waals surface area contributed by atoms with E-state index in [2.05, 4.69) is 24.2 Å². The molecule has 1 aliphatic carbocycles. The van der Waals surface area contributed by atoms with E-state index in [1.165, 1.54) is 37.3 Å². The molecule has 0 amide bonds. The molecule has 3 atom stereocenters. The Labute approximate surface area is 97.3 Å². The molecule has 0 radical (unpaired) electrons. The molecule has 0 aromatic heterocycles. The molecule has 0 spiro atoms. The van der Waals surface area contributed by atoms with Gasteiger partial charge in [-0.05, 0) is 18.8 Å². The number of thioether (sulfide) groups is 1. The minimum absolute atomic E-state index is 0.677. The molecule has 2 nitrogen and oxygen atoms in total. The molecule has 1 saturated carbocycles. The fraction of sp³-hybridized carbons (Fsp3) is 0.917. The molecule has 3 unspecified atom stereocenters. The second-order valence-corrected chi connectivity index (χ2v) is 6.21. The van der Waals surface area contributed by atoms with Crippen LogP contribution in [0.3, 0.4) is 0 Å². The third kappa shape index (κ3) is 2.90. The molecule has 1 aliphatic heterocycles. The quantitative estimate of drug-likeness (QED) is 0.782. The minimum atomic E-state index is 0.677. The number of nitrogens with zero attached hydrogens (tertiary/aromatic N) is 1. The zero-order chi connectivity index (χ0) is 10.7. The van der Waals surface area contributed by atoms with Crippen molar-refractivity contribution >= 4 is 16.9 Å². The topological polar surface area (TPSA) is 24.4 Å². The van der Waals surface area contributed by atoms with Gasteiger partial charge >= 0.3 is 0 Å².